The van der Waals surface area contributed by atoms with Gasteiger partial charge < -0.3 is 15.5 Å². The van der Waals surface area contributed by atoms with Crippen LogP contribution in [0.5, 0.6) is 0 Å². The van der Waals surface area contributed by atoms with E-state index in [4.69, 9.17) is 0 Å². The Morgan fingerprint density at radius 1 is 1.00 bits per heavy atom. The van der Waals surface area contributed by atoms with Crippen molar-refractivity contribution in [1.29, 1.82) is 0 Å². The number of halogens is 3. The highest BCUT2D eigenvalue weighted by atomic mass is 19.2. The summed E-state index contributed by atoms with van der Waals surface area (Å²) in [6.45, 7) is 2.35. The first kappa shape index (κ1) is 31.2. The molecule has 12 heteroatoms. The molecule has 0 aliphatic carbocycles. The van der Waals surface area contributed by atoms with Gasteiger partial charge in [0.2, 0.25) is 5.95 Å². The Morgan fingerprint density at radius 3 is 2.40 bits per heavy atom. The van der Waals surface area contributed by atoms with Crippen molar-refractivity contribution in [3.63, 3.8) is 0 Å². The maximum atomic E-state index is 13.7. The van der Waals surface area contributed by atoms with Crippen molar-refractivity contribution in [3.05, 3.63) is 123 Å². The molecule has 45 heavy (non-hydrogen) atoms. The van der Waals surface area contributed by atoms with Crippen LogP contribution in [0, 0.1) is 24.4 Å². The fourth-order valence-corrected chi connectivity index (χ4v) is 4.91. The average Bonchev–Trinajstić information content (AvgIpc) is 3.21. The zero-order chi connectivity index (χ0) is 32.2. The van der Waals surface area contributed by atoms with Crippen LogP contribution in [0.15, 0.2) is 71.7 Å². The molecule has 0 fully saturated rings. The van der Waals surface area contributed by atoms with Crippen LogP contribution in [0.25, 0.3) is 17.0 Å². The Balaban J connectivity index is 1.21. The number of carbonyl (C=O) groups is 1. The van der Waals surface area contributed by atoms with Crippen LogP contribution >= 0.6 is 0 Å². The van der Waals surface area contributed by atoms with E-state index < -0.39 is 28.9 Å². The molecule has 0 saturated carbocycles. The molecule has 0 atom stereocenters. The van der Waals surface area contributed by atoms with Crippen molar-refractivity contribution in [1.82, 2.24) is 29.5 Å². The summed E-state index contributed by atoms with van der Waals surface area (Å²) in [5, 5.41) is 6.78. The van der Waals surface area contributed by atoms with Gasteiger partial charge in [-0.15, -0.1) is 0 Å². The van der Waals surface area contributed by atoms with E-state index in [2.05, 4.69) is 37.6 Å². The molecule has 0 aliphatic rings. The molecule has 3 aromatic carbocycles. The first-order valence-electron chi connectivity index (χ1n) is 14.1. The molecule has 232 valence electrons. The van der Waals surface area contributed by atoms with Crippen molar-refractivity contribution in [2.24, 2.45) is 7.05 Å². The second-order valence-electron chi connectivity index (χ2n) is 10.9. The quantitative estimate of drug-likeness (QED) is 0.211. The summed E-state index contributed by atoms with van der Waals surface area (Å²) in [6.07, 6.45) is 5.31. The number of amides is 1. The largest absolute Gasteiger partial charge is 0.348 e. The average molecular weight is 616 g/mol. The highest BCUT2D eigenvalue weighted by molar-refractivity contribution is 5.95. The molecule has 0 bridgehead atoms. The molecule has 0 radical (unpaired) electrons. The maximum Gasteiger partial charge on any atom is 0.280 e. The van der Waals surface area contributed by atoms with E-state index in [1.54, 1.807) is 26.2 Å². The topological polar surface area (TPSA) is 97.1 Å². The van der Waals surface area contributed by atoms with Gasteiger partial charge >= 0.3 is 0 Å². The van der Waals surface area contributed by atoms with E-state index in [1.165, 1.54) is 10.2 Å². The number of nitrogens with zero attached hydrogens (tertiary/aromatic N) is 5. The molecular formula is C33H32F3N7O2. The number of carbonyl (C=O) groups excluding carboxylic acids is 1. The van der Waals surface area contributed by atoms with Crippen LogP contribution in [-0.2, 0) is 20.1 Å². The molecule has 0 unspecified atom stereocenters. The van der Waals surface area contributed by atoms with Gasteiger partial charge in [-0.3, -0.25) is 14.3 Å². The molecule has 0 aliphatic heterocycles. The number of rotatable bonds is 10. The molecule has 5 aromatic rings. The predicted octanol–water partition coefficient (Wildman–Crippen LogP) is 5.15. The Bertz CT molecular complexity index is 1940. The van der Waals surface area contributed by atoms with Crippen molar-refractivity contribution >= 4 is 34.5 Å². The summed E-state index contributed by atoms with van der Waals surface area (Å²) in [5.74, 6) is -4.40. The van der Waals surface area contributed by atoms with Crippen LogP contribution < -0.4 is 16.2 Å². The van der Waals surface area contributed by atoms with Crippen LogP contribution in [0.1, 0.15) is 32.7 Å². The number of fused-ring (bicyclic) bond motifs is 1. The maximum absolute atomic E-state index is 13.7. The van der Waals surface area contributed by atoms with Crippen LogP contribution in [0.2, 0.25) is 0 Å². The summed E-state index contributed by atoms with van der Waals surface area (Å²) >= 11 is 0. The van der Waals surface area contributed by atoms with Gasteiger partial charge in [-0.05, 0) is 74.1 Å². The third kappa shape index (κ3) is 7.13. The Labute approximate surface area is 257 Å². The highest BCUT2D eigenvalue weighted by Gasteiger charge is 2.22. The number of benzene rings is 3. The van der Waals surface area contributed by atoms with Crippen molar-refractivity contribution in [3.8, 4) is 0 Å². The summed E-state index contributed by atoms with van der Waals surface area (Å²) in [6, 6.07) is 15.4. The van der Waals surface area contributed by atoms with Gasteiger partial charge in [0.15, 0.2) is 17.5 Å². The van der Waals surface area contributed by atoms with E-state index in [9.17, 15) is 22.8 Å². The second kappa shape index (κ2) is 13.2. The standard InChI is InChI=1S/C33H32F3N7O2/c1-20-29(32(45)43(42(20)4)19-23-15-26(34)30(36)27(35)16-23)31(44)37-13-5-6-21-9-12-28-24(14-21)17-38-33(40-28)39-25-10-7-22(8-11-25)18-41(2)3/h5-12,14-17H,13,18-19H2,1-4H3,(H,37,44)(H,38,39,40)/b6-5+. The third-order valence-electron chi connectivity index (χ3n) is 7.26. The lowest BCUT2D eigenvalue weighted by Crippen LogP contribution is -2.31. The molecular weight excluding hydrogens is 583 g/mol. The molecule has 2 N–H and O–H groups in total. The summed E-state index contributed by atoms with van der Waals surface area (Å²) in [5.41, 5.74) is 3.43. The summed E-state index contributed by atoms with van der Waals surface area (Å²) in [7, 11) is 5.60. The third-order valence-corrected chi connectivity index (χ3v) is 7.26. The predicted molar refractivity (Wildman–Crippen MR) is 168 cm³/mol. The number of anilines is 2. The van der Waals surface area contributed by atoms with Crippen molar-refractivity contribution in [2.45, 2.75) is 20.0 Å². The monoisotopic (exact) mass is 615 g/mol. The Morgan fingerprint density at radius 2 is 1.71 bits per heavy atom. The number of aromatic nitrogens is 4. The zero-order valence-electron chi connectivity index (χ0n) is 25.2. The molecule has 0 spiro atoms. The normalized spacial score (nSPS) is 11.6. The van der Waals surface area contributed by atoms with Gasteiger partial charge in [-0.2, -0.15) is 0 Å². The van der Waals surface area contributed by atoms with Gasteiger partial charge in [-0.25, -0.2) is 27.8 Å². The minimum absolute atomic E-state index is 0.0442. The smallest absolute Gasteiger partial charge is 0.280 e. The minimum atomic E-state index is -1.58. The fraction of sp³-hybridized carbons (Fsp3) is 0.212. The van der Waals surface area contributed by atoms with Crippen molar-refractivity contribution < 1.29 is 18.0 Å². The molecule has 2 heterocycles. The molecule has 0 saturated heterocycles. The van der Waals surface area contributed by atoms with E-state index in [0.717, 1.165) is 45.5 Å². The molecule has 1 amide bonds. The van der Waals surface area contributed by atoms with Gasteiger partial charge in [-0.1, -0.05) is 30.4 Å². The van der Waals surface area contributed by atoms with Gasteiger partial charge in [0.25, 0.3) is 11.5 Å². The fourth-order valence-electron chi connectivity index (χ4n) is 4.91. The minimum Gasteiger partial charge on any atom is -0.348 e. The Kier molecular flexibility index (Phi) is 9.14. The first-order valence-corrected chi connectivity index (χ1v) is 14.1. The van der Waals surface area contributed by atoms with Crippen LogP contribution in [0.3, 0.4) is 0 Å². The lowest BCUT2D eigenvalue weighted by Gasteiger charge is -2.10. The number of hydrogen-bond donors (Lipinski definition) is 2. The van der Waals surface area contributed by atoms with Gasteiger partial charge in [0.1, 0.15) is 5.56 Å². The highest BCUT2D eigenvalue weighted by Crippen LogP contribution is 2.20. The lowest BCUT2D eigenvalue weighted by molar-refractivity contribution is 0.0956. The summed E-state index contributed by atoms with van der Waals surface area (Å²) < 4.78 is 43.2. The first-order chi connectivity index (χ1) is 21.5. The molecule has 5 rings (SSSR count). The van der Waals surface area contributed by atoms with E-state index >= 15 is 0 Å². The van der Waals surface area contributed by atoms with E-state index in [1.807, 2.05) is 50.5 Å². The second-order valence-corrected chi connectivity index (χ2v) is 10.9. The summed E-state index contributed by atoms with van der Waals surface area (Å²) in [4.78, 5) is 37.1. The number of nitrogens with one attached hydrogen (secondary N) is 2. The van der Waals surface area contributed by atoms with Gasteiger partial charge in [0.05, 0.1) is 12.1 Å². The van der Waals surface area contributed by atoms with Gasteiger partial charge in [0, 0.05) is 43.1 Å². The molecule has 2 aromatic heterocycles. The van der Waals surface area contributed by atoms with Crippen LogP contribution in [-0.4, -0.2) is 50.8 Å². The Hall–Kier alpha value is -5.23. The van der Waals surface area contributed by atoms with E-state index in [0.29, 0.717) is 11.6 Å². The van der Waals surface area contributed by atoms with Crippen LogP contribution in [0.4, 0.5) is 24.8 Å². The lowest BCUT2D eigenvalue weighted by atomic mass is 10.1. The van der Waals surface area contributed by atoms with Crippen molar-refractivity contribution in [2.75, 3.05) is 26.0 Å². The molecule has 9 nitrogen and oxygen atoms in total. The zero-order valence-corrected chi connectivity index (χ0v) is 25.2. The number of hydrogen-bond acceptors (Lipinski definition) is 6. The van der Waals surface area contributed by atoms with E-state index in [-0.39, 0.29) is 24.2 Å². The SMILES string of the molecule is Cc1c(C(=O)NC/C=C/c2ccc3nc(Nc4ccc(CN(C)C)cc4)ncc3c2)c(=O)n(Cc2cc(F)c(F)c(F)c2)n1C.